The van der Waals surface area contributed by atoms with Gasteiger partial charge in [0.05, 0.1) is 0 Å². The van der Waals surface area contributed by atoms with Crippen LogP contribution in [-0.2, 0) is 6.54 Å². The first-order valence-electron chi connectivity index (χ1n) is 7.45. The van der Waals surface area contributed by atoms with Gasteiger partial charge in [-0.3, -0.25) is 4.90 Å². The van der Waals surface area contributed by atoms with Crippen LogP contribution in [0.3, 0.4) is 0 Å². The highest BCUT2D eigenvalue weighted by Crippen LogP contribution is 2.25. The lowest BCUT2D eigenvalue weighted by Gasteiger charge is -2.25. The van der Waals surface area contributed by atoms with Crippen molar-refractivity contribution in [1.29, 1.82) is 0 Å². The second-order valence-electron chi connectivity index (χ2n) is 6.05. The maximum atomic E-state index is 6.27. The molecule has 1 heterocycles. The van der Waals surface area contributed by atoms with Crippen LogP contribution < -0.4 is 5.32 Å². The molecule has 0 radical (unpaired) electrons. The summed E-state index contributed by atoms with van der Waals surface area (Å²) < 4.78 is 0. The van der Waals surface area contributed by atoms with Crippen molar-refractivity contribution in [1.82, 2.24) is 10.2 Å². The van der Waals surface area contributed by atoms with Crippen LogP contribution in [0.15, 0.2) is 18.2 Å². The summed E-state index contributed by atoms with van der Waals surface area (Å²) in [5.41, 5.74) is 1.17. The molecule has 4 heteroatoms. The number of likely N-dealkylation sites (tertiary alicyclic amines) is 1. The monoisotopic (exact) mass is 314 g/mol. The summed E-state index contributed by atoms with van der Waals surface area (Å²) in [4.78, 5) is 2.53. The summed E-state index contributed by atoms with van der Waals surface area (Å²) in [6.07, 6.45) is 2.55. The Kier molecular flexibility index (Phi) is 6.16. The fourth-order valence-corrected chi connectivity index (χ4v) is 3.21. The largest absolute Gasteiger partial charge is 0.315 e. The molecule has 0 spiro atoms. The van der Waals surface area contributed by atoms with Gasteiger partial charge in [-0.1, -0.05) is 43.1 Å². The molecule has 0 aliphatic carbocycles. The lowest BCUT2D eigenvalue weighted by Crippen LogP contribution is -2.38. The van der Waals surface area contributed by atoms with Crippen LogP contribution in [0.4, 0.5) is 0 Å². The van der Waals surface area contributed by atoms with Crippen molar-refractivity contribution >= 4 is 23.2 Å². The Labute approximate surface area is 132 Å². The number of hydrogen-bond acceptors (Lipinski definition) is 2. The molecule has 20 heavy (non-hydrogen) atoms. The maximum Gasteiger partial charge on any atom is 0.0465 e. The van der Waals surface area contributed by atoms with E-state index in [9.17, 15) is 0 Å². The summed E-state index contributed by atoms with van der Waals surface area (Å²) in [6.45, 7) is 8.73. The number of benzene rings is 1. The Morgan fingerprint density at radius 2 is 2.15 bits per heavy atom. The molecule has 2 nitrogen and oxygen atoms in total. The van der Waals surface area contributed by atoms with Gasteiger partial charge in [0.15, 0.2) is 0 Å². The van der Waals surface area contributed by atoms with E-state index in [0.717, 1.165) is 31.2 Å². The van der Waals surface area contributed by atoms with Crippen LogP contribution >= 0.6 is 23.2 Å². The average Bonchev–Trinajstić information content (AvgIpc) is 2.80. The van der Waals surface area contributed by atoms with Gasteiger partial charge in [-0.2, -0.15) is 0 Å². The molecule has 1 aromatic carbocycles. The minimum absolute atomic E-state index is 0.625. The third-order valence-electron chi connectivity index (χ3n) is 3.82. The van der Waals surface area contributed by atoms with Gasteiger partial charge < -0.3 is 5.32 Å². The van der Waals surface area contributed by atoms with Crippen molar-refractivity contribution in [3.05, 3.63) is 33.8 Å². The lowest BCUT2D eigenvalue weighted by molar-refractivity contribution is 0.237. The third kappa shape index (κ3) is 4.63. The summed E-state index contributed by atoms with van der Waals surface area (Å²) in [6, 6.07) is 6.42. The zero-order valence-corrected chi connectivity index (χ0v) is 13.8. The van der Waals surface area contributed by atoms with Gasteiger partial charge in [0, 0.05) is 29.2 Å². The van der Waals surface area contributed by atoms with Crippen molar-refractivity contribution < 1.29 is 0 Å². The lowest BCUT2D eigenvalue weighted by atomic mass is 10.1. The van der Waals surface area contributed by atoms with E-state index in [2.05, 4.69) is 24.1 Å². The van der Waals surface area contributed by atoms with Gasteiger partial charge >= 0.3 is 0 Å². The van der Waals surface area contributed by atoms with E-state index in [4.69, 9.17) is 23.2 Å². The van der Waals surface area contributed by atoms with E-state index in [-0.39, 0.29) is 0 Å². The van der Waals surface area contributed by atoms with Gasteiger partial charge in [-0.15, -0.1) is 0 Å². The molecule has 0 aromatic heterocycles. The van der Waals surface area contributed by atoms with E-state index < -0.39 is 0 Å². The number of rotatable bonds is 6. The van der Waals surface area contributed by atoms with Gasteiger partial charge in [0.25, 0.3) is 0 Å². The minimum atomic E-state index is 0.625. The Hall–Kier alpha value is -0.280. The van der Waals surface area contributed by atoms with Crippen molar-refractivity contribution in [2.24, 2.45) is 5.92 Å². The van der Waals surface area contributed by atoms with Crippen molar-refractivity contribution in [3.8, 4) is 0 Å². The third-order valence-corrected chi connectivity index (χ3v) is 4.41. The Morgan fingerprint density at radius 1 is 1.35 bits per heavy atom. The van der Waals surface area contributed by atoms with Crippen LogP contribution in [0.1, 0.15) is 32.3 Å². The number of nitrogens with one attached hydrogen (secondary N) is 1. The van der Waals surface area contributed by atoms with Crippen LogP contribution in [0, 0.1) is 5.92 Å². The molecule has 1 fully saturated rings. The first-order valence-corrected chi connectivity index (χ1v) is 8.20. The highest BCUT2D eigenvalue weighted by Gasteiger charge is 2.24. The standard InChI is InChI=1S/C16H24Cl2N2/c1-12(2)9-19-10-15-4-3-7-20(15)11-13-5-6-14(17)8-16(13)18/h5-6,8,12,15,19H,3-4,7,9-11H2,1-2H3. The molecule has 0 saturated carbocycles. The summed E-state index contributed by atoms with van der Waals surface area (Å²) in [7, 11) is 0. The van der Waals surface area contributed by atoms with Gasteiger partial charge in [0.1, 0.15) is 0 Å². The second kappa shape index (κ2) is 7.65. The van der Waals surface area contributed by atoms with Crippen LogP contribution in [0.5, 0.6) is 0 Å². The van der Waals surface area contributed by atoms with Crippen LogP contribution in [-0.4, -0.2) is 30.6 Å². The van der Waals surface area contributed by atoms with Gasteiger partial charge in [0.2, 0.25) is 0 Å². The molecule has 1 unspecified atom stereocenters. The topological polar surface area (TPSA) is 15.3 Å². The molecule has 0 bridgehead atoms. The fraction of sp³-hybridized carbons (Fsp3) is 0.625. The zero-order valence-electron chi connectivity index (χ0n) is 12.3. The molecule has 1 atom stereocenters. The summed E-state index contributed by atoms with van der Waals surface area (Å²) in [5.74, 6) is 0.704. The number of halogens is 2. The molecule has 1 N–H and O–H groups in total. The minimum Gasteiger partial charge on any atom is -0.315 e. The predicted molar refractivity (Wildman–Crippen MR) is 87.6 cm³/mol. The first kappa shape index (κ1) is 16.1. The fourth-order valence-electron chi connectivity index (χ4n) is 2.74. The smallest absolute Gasteiger partial charge is 0.0465 e. The van der Waals surface area contributed by atoms with E-state index in [1.165, 1.54) is 18.4 Å². The molecule has 1 saturated heterocycles. The number of hydrogen-bond donors (Lipinski definition) is 1. The molecule has 1 aliphatic heterocycles. The second-order valence-corrected chi connectivity index (χ2v) is 6.90. The maximum absolute atomic E-state index is 6.27. The first-order chi connectivity index (χ1) is 9.56. The van der Waals surface area contributed by atoms with Gasteiger partial charge in [-0.05, 0) is 49.5 Å². The Morgan fingerprint density at radius 3 is 2.85 bits per heavy atom. The summed E-state index contributed by atoms with van der Waals surface area (Å²) in [5, 5.41) is 5.05. The normalized spacial score (nSPS) is 19.9. The molecule has 0 amide bonds. The molecular weight excluding hydrogens is 291 g/mol. The zero-order chi connectivity index (χ0) is 14.5. The van der Waals surface area contributed by atoms with Crippen molar-refractivity contribution in [2.45, 2.75) is 39.3 Å². The highest BCUT2D eigenvalue weighted by molar-refractivity contribution is 6.35. The highest BCUT2D eigenvalue weighted by atomic mass is 35.5. The average molecular weight is 315 g/mol. The Bertz CT molecular complexity index is 434. The molecular formula is C16H24Cl2N2. The number of nitrogens with zero attached hydrogens (tertiary/aromatic N) is 1. The summed E-state index contributed by atoms with van der Waals surface area (Å²) >= 11 is 12.2. The molecule has 1 aliphatic rings. The van der Waals surface area contributed by atoms with E-state index in [0.29, 0.717) is 17.0 Å². The SMILES string of the molecule is CC(C)CNCC1CCCN1Cc1ccc(Cl)cc1Cl. The van der Waals surface area contributed by atoms with E-state index in [1.807, 2.05) is 18.2 Å². The quantitative estimate of drug-likeness (QED) is 0.846. The van der Waals surface area contributed by atoms with Crippen LogP contribution in [0.25, 0.3) is 0 Å². The van der Waals surface area contributed by atoms with Crippen LogP contribution in [0.2, 0.25) is 10.0 Å². The van der Waals surface area contributed by atoms with E-state index in [1.54, 1.807) is 0 Å². The predicted octanol–water partition coefficient (Wildman–Crippen LogP) is 4.20. The Balaban J connectivity index is 1.90. The molecule has 1 aromatic rings. The van der Waals surface area contributed by atoms with Gasteiger partial charge in [-0.25, -0.2) is 0 Å². The molecule has 2 rings (SSSR count). The van der Waals surface area contributed by atoms with Crippen molar-refractivity contribution in [3.63, 3.8) is 0 Å². The molecule has 112 valence electrons. The van der Waals surface area contributed by atoms with Crippen molar-refractivity contribution in [2.75, 3.05) is 19.6 Å². The van der Waals surface area contributed by atoms with E-state index >= 15 is 0 Å².